The van der Waals surface area contributed by atoms with Crippen molar-refractivity contribution in [3.8, 4) is 0 Å². The molecule has 2 nitrogen and oxygen atoms in total. The lowest BCUT2D eigenvalue weighted by atomic mass is 10.1. The van der Waals surface area contributed by atoms with E-state index in [4.69, 9.17) is 11.6 Å². The molecule has 0 saturated carbocycles. The zero-order valence-electron chi connectivity index (χ0n) is 9.22. The monoisotopic (exact) mass is 290 g/mol. The van der Waals surface area contributed by atoms with Gasteiger partial charge in [0, 0.05) is 16.7 Å². The summed E-state index contributed by atoms with van der Waals surface area (Å²) in [6.07, 6.45) is 2.81. The van der Waals surface area contributed by atoms with Crippen molar-refractivity contribution in [3.63, 3.8) is 0 Å². The van der Waals surface area contributed by atoms with Gasteiger partial charge in [0.05, 0.1) is 5.69 Å². The van der Waals surface area contributed by atoms with Crippen LogP contribution < -0.4 is 5.32 Å². The largest absolute Gasteiger partial charge is 0.380 e. The Morgan fingerprint density at radius 3 is 2.73 bits per heavy atom. The predicted molar refractivity (Wildman–Crippen MR) is 69.5 cm³/mol. The fourth-order valence-corrected chi connectivity index (χ4v) is 2.04. The molecule has 0 spiro atoms. The summed E-state index contributed by atoms with van der Waals surface area (Å²) in [5.41, 5.74) is 0.888. The molecule has 0 radical (unpaired) electrons. The Balaban J connectivity index is 2.67. The maximum absolute atomic E-state index is 5.98. The average molecular weight is 292 g/mol. The van der Waals surface area contributed by atoms with E-state index in [0.29, 0.717) is 17.1 Å². The highest BCUT2D eigenvalue weighted by atomic mass is 79.9. The number of aromatic nitrogens is 1. The maximum atomic E-state index is 5.98. The SMILES string of the molecule is CC(C)CC(C)Nc1cc(Br)cnc1Cl. The number of nitrogens with one attached hydrogen (secondary N) is 1. The van der Waals surface area contributed by atoms with Crippen molar-refractivity contribution in [2.75, 3.05) is 5.32 Å². The maximum Gasteiger partial charge on any atom is 0.152 e. The second-order valence-electron chi connectivity index (χ2n) is 4.17. The third-order valence-electron chi connectivity index (χ3n) is 2.03. The fraction of sp³-hybridized carbons (Fsp3) is 0.545. The van der Waals surface area contributed by atoms with E-state index < -0.39 is 0 Å². The van der Waals surface area contributed by atoms with Crippen molar-refractivity contribution >= 4 is 33.2 Å². The lowest BCUT2D eigenvalue weighted by molar-refractivity contribution is 0.539. The molecule has 1 unspecified atom stereocenters. The van der Waals surface area contributed by atoms with Crippen LogP contribution in [0.2, 0.25) is 5.15 Å². The summed E-state index contributed by atoms with van der Waals surface area (Å²) in [5.74, 6) is 0.673. The van der Waals surface area contributed by atoms with Gasteiger partial charge in [-0.2, -0.15) is 0 Å². The molecule has 1 rings (SSSR count). The van der Waals surface area contributed by atoms with E-state index >= 15 is 0 Å². The van der Waals surface area contributed by atoms with Crippen LogP contribution in [0.1, 0.15) is 27.2 Å². The minimum absolute atomic E-state index is 0.401. The molecular formula is C11H16BrClN2. The van der Waals surface area contributed by atoms with Crippen molar-refractivity contribution in [1.29, 1.82) is 0 Å². The Hall–Kier alpha value is -0.280. The molecule has 0 saturated heterocycles. The number of pyridine rings is 1. The van der Waals surface area contributed by atoms with Gasteiger partial charge in [-0.05, 0) is 41.3 Å². The van der Waals surface area contributed by atoms with Gasteiger partial charge in [0.25, 0.3) is 0 Å². The van der Waals surface area contributed by atoms with Crippen LogP contribution in [0.4, 0.5) is 5.69 Å². The van der Waals surface area contributed by atoms with Gasteiger partial charge in [0.1, 0.15) is 0 Å². The summed E-state index contributed by atoms with van der Waals surface area (Å²) in [6.45, 7) is 6.56. The van der Waals surface area contributed by atoms with Gasteiger partial charge in [-0.3, -0.25) is 0 Å². The first kappa shape index (κ1) is 12.8. The zero-order valence-corrected chi connectivity index (χ0v) is 11.6. The molecule has 0 amide bonds. The first-order valence-electron chi connectivity index (χ1n) is 5.06. The van der Waals surface area contributed by atoms with Gasteiger partial charge in [-0.25, -0.2) is 4.98 Å². The van der Waals surface area contributed by atoms with Gasteiger partial charge in [0.2, 0.25) is 0 Å². The lowest BCUT2D eigenvalue weighted by Crippen LogP contribution is -2.17. The van der Waals surface area contributed by atoms with Crippen molar-refractivity contribution in [2.45, 2.75) is 33.2 Å². The summed E-state index contributed by atoms with van der Waals surface area (Å²) < 4.78 is 0.936. The third kappa shape index (κ3) is 4.39. The van der Waals surface area contributed by atoms with Crippen LogP contribution in [-0.4, -0.2) is 11.0 Å². The molecule has 15 heavy (non-hydrogen) atoms. The number of nitrogens with zero attached hydrogens (tertiary/aromatic N) is 1. The standard InChI is InChI=1S/C11H16BrClN2/c1-7(2)4-8(3)15-10-5-9(12)6-14-11(10)13/h5-8,15H,4H2,1-3H3. The number of hydrogen-bond donors (Lipinski definition) is 1. The highest BCUT2D eigenvalue weighted by molar-refractivity contribution is 9.10. The van der Waals surface area contributed by atoms with E-state index in [1.807, 2.05) is 6.07 Å². The molecule has 0 aliphatic carbocycles. The molecule has 4 heteroatoms. The van der Waals surface area contributed by atoms with Gasteiger partial charge in [-0.1, -0.05) is 25.4 Å². The molecule has 1 aromatic rings. The van der Waals surface area contributed by atoms with Crippen molar-refractivity contribution < 1.29 is 0 Å². The smallest absolute Gasteiger partial charge is 0.152 e. The first-order chi connectivity index (χ1) is 6.99. The Morgan fingerprint density at radius 1 is 1.47 bits per heavy atom. The Kier molecular flexibility index (Phi) is 4.87. The molecule has 1 atom stereocenters. The summed E-state index contributed by atoms with van der Waals surface area (Å²) in [4.78, 5) is 4.07. The van der Waals surface area contributed by atoms with Gasteiger partial charge in [0.15, 0.2) is 5.15 Å². The second kappa shape index (κ2) is 5.71. The molecule has 0 aliphatic rings. The van der Waals surface area contributed by atoms with Crippen molar-refractivity contribution in [1.82, 2.24) is 4.98 Å². The molecule has 1 aromatic heterocycles. The van der Waals surface area contributed by atoms with Crippen LogP contribution in [0.25, 0.3) is 0 Å². The number of anilines is 1. The van der Waals surface area contributed by atoms with E-state index in [1.54, 1.807) is 6.20 Å². The van der Waals surface area contributed by atoms with Crippen LogP contribution in [0.5, 0.6) is 0 Å². The summed E-state index contributed by atoms with van der Waals surface area (Å²) in [7, 11) is 0. The molecule has 1 N–H and O–H groups in total. The number of rotatable bonds is 4. The summed E-state index contributed by atoms with van der Waals surface area (Å²) in [5, 5.41) is 3.88. The third-order valence-corrected chi connectivity index (χ3v) is 2.77. The number of halogens is 2. The molecular weight excluding hydrogens is 275 g/mol. The molecule has 0 bridgehead atoms. The van der Waals surface area contributed by atoms with Crippen molar-refractivity contribution in [3.05, 3.63) is 21.9 Å². The first-order valence-corrected chi connectivity index (χ1v) is 6.23. The van der Waals surface area contributed by atoms with E-state index in [-0.39, 0.29) is 0 Å². The zero-order chi connectivity index (χ0) is 11.4. The highest BCUT2D eigenvalue weighted by Crippen LogP contribution is 2.24. The molecule has 1 heterocycles. The van der Waals surface area contributed by atoms with Crippen LogP contribution in [0, 0.1) is 5.92 Å². The fourth-order valence-electron chi connectivity index (χ4n) is 1.56. The summed E-state index contributed by atoms with van der Waals surface area (Å²) in [6, 6.07) is 2.35. The van der Waals surface area contributed by atoms with Crippen LogP contribution >= 0.6 is 27.5 Å². The van der Waals surface area contributed by atoms with Crippen LogP contribution in [0.15, 0.2) is 16.7 Å². The molecule has 0 aliphatic heterocycles. The van der Waals surface area contributed by atoms with Gasteiger partial charge < -0.3 is 5.32 Å². The topological polar surface area (TPSA) is 24.9 Å². The van der Waals surface area contributed by atoms with E-state index in [0.717, 1.165) is 16.6 Å². The quantitative estimate of drug-likeness (QED) is 0.835. The summed E-state index contributed by atoms with van der Waals surface area (Å²) >= 11 is 9.36. The minimum atomic E-state index is 0.401. The van der Waals surface area contributed by atoms with Gasteiger partial charge in [-0.15, -0.1) is 0 Å². The lowest BCUT2D eigenvalue weighted by Gasteiger charge is -2.17. The average Bonchev–Trinajstić information content (AvgIpc) is 2.10. The Bertz CT molecular complexity index is 328. The second-order valence-corrected chi connectivity index (χ2v) is 5.44. The molecule has 0 fully saturated rings. The van der Waals surface area contributed by atoms with Crippen molar-refractivity contribution in [2.24, 2.45) is 5.92 Å². The van der Waals surface area contributed by atoms with E-state index in [1.165, 1.54) is 0 Å². The van der Waals surface area contributed by atoms with E-state index in [9.17, 15) is 0 Å². The minimum Gasteiger partial charge on any atom is -0.380 e. The van der Waals surface area contributed by atoms with Gasteiger partial charge >= 0.3 is 0 Å². The molecule has 84 valence electrons. The normalized spacial score (nSPS) is 12.9. The van der Waals surface area contributed by atoms with Crippen LogP contribution in [-0.2, 0) is 0 Å². The Morgan fingerprint density at radius 2 is 2.13 bits per heavy atom. The number of hydrogen-bond acceptors (Lipinski definition) is 2. The van der Waals surface area contributed by atoms with E-state index in [2.05, 4.69) is 47.0 Å². The Labute approximate surface area is 105 Å². The van der Waals surface area contributed by atoms with Crippen LogP contribution in [0.3, 0.4) is 0 Å². The molecule has 0 aromatic carbocycles. The predicted octanol–water partition coefficient (Wildman–Crippen LogP) is 4.34. The highest BCUT2D eigenvalue weighted by Gasteiger charge is 2.08.